The van der Waals surface area contributed by atoms with Crippen molar-refractivity contribution >= 4 is 5.69 Å². The van der Waals surface area contributed by atoms with Crippen LogP contribution in [0.25, 0.3) is 0 Å². The summed E-state index contributed by atoms with van der Waals surface area (Å²) in [5, 5.41) is 2.87. The largest absolute Gasteiger partial charge is 0.418 e. The number of nitrogens with zero attached hydrogens (tertiary/aromatic N) is 1. The minimum Gasteiger partial charge on any atom is -0.371 e. The molecule has 0 heterocycles. The third-order valence-corrected chi connectivity index (χ3v) is 3.70. The summed E-state index contributed by atoms with van der Waals surface area (Å²) in [6, 6.07) is 4.57. The predicted octanol–water partition coefficient (Wildman–Crippen LogP) is 3.91. The van der Waals surface area contributed by atoms with Crippen molar-refractivity contribution in [3.63, 3.8) is 0 Å². The van der Waals surface area contributed by atoms with E-state index in [1.165, 1.54) is 6.07 Å². The van der Waals surface area contributed by atoms with Gasteiger partial charge in [-0.3, -0.25) is 0 Å². The number of alkyl halides is 3. The number of benzene rings is 1. The number of anilines is 1. The van der Waals surface area contributed by atoms with Crippen LogP contribution in [0.3, 0.4) is 0 Å². The van der Waals surface area contributed by atoms with Crippen molar-refractivity contribution in [1.82, 2.24) is 5.32 Å². The standard InChI is InChI=1S/C15H23F3N2/c1-10(2)11(3)20(5)14-7-6-12(9-19-4)8-13(14)15(16,17)18/h6-8,10-11,19H,9H2,1-5H3. The third kappa shape index (κ3) is 3.88. The Bertz CT molecular complexity index is 441. The van der Waals surface area contributed by atoms with Gasteiger partial charge in [-0.1, -0.05) is 19.9 Å². The second-order valence-electron chi connectivity index (χ2n) is 5.48. The van der Waals surface area contributed by atoms with Gasteiger partial charge in [0, 0.05) is 25.3 Å². The first kappa shape index (κ1) is 16.8. The Morgan fingerprint density at radius 2 is 1.80 bits per heavy atom. The molecule has 0 aliphatic heterocycles. The van der Waals surface area contributed by atoms with Crippen LogP contribution in [0, 0.1) is 5.92 Å². The Kier molecular flexibility index (Phi) is 5.45. The molecule has 1 atom stereocenters. The molecular weight excluding hydrogens is 265 g/mol. The van der Waals surface area contributed by atoms with Crippen molar-refractivity contribution in [1.29, 1.82) is 0 Å². The molecule has 0 aromatic heterocycles. The molecule has 1 aromatic rings. The number of rotatable bonds is 5. The third-order valence-electron chi connectivity index (χ3n) is 3.70. The highest BCUT2D eigenvalue weighted by Gasteiger charge is 2.35. The second-order valence-corrected chi connectivity index (χ2v) is 5.48. The first-order chi connectivity index (χ1) is 9.18. The Hall–Kier alpha value is -1.23. The van der Waals surface area contributed by atoms with Crippen molar-refractivity contribution in [2.24, 2.45) is 5.92 Å². The zero-order valence-corrected chi connectivity index (χ0v) is 12.7. The molecule has 0 aliphatic carbocycles. The van der Waals surface area contributed by atoms with Gasteiger partial charge in [-0.05, 0) is 37.6 Å². The maximum Gasteiger partial charge on any atom is 0.418 e. The Balaban J connectivity index is 3.25. The summed E-state index contributed by atoms with van der Waals surface area (Å²) >= 11 is 0. The van der Waals surface area contributed by atoms with Crippen LogP contribution in [0.5, 0.6) is 0 Å². The van der Waals surface area contributed by atoms with Crippen molar-refractivity contribution < 1.29 is 13.2 Å². The van der Waals surface area contributed by atoms with Gasteiger partial charge in [0.25, 0.3) is 0 Å². The van der Waals surface area contributed by atoms with Gasteiger partial charge in [0.2, 0.25) is 0 Å². The second kappa shape index (κ2) is 6.48. The minimum absolute atomic E-state index is 0.0336. The Morgan fingerprint density at radius 1 is 1.20 bits per heavy atom. The van der Waals surface area contributed by atoms with Gasteiger partial charge >= 0.3 is 6.18 Å². The van der Waals surface area contributed by atoms with Crippen LogP contribution in [0.2, 0.25) is 0 Å². The molecule has 20 heavy (non-hydrogen) atoms. The van der Waals surface area contributed by atoms with E-state index in [1.807, 2.05) is 20.8 Å². The van der Waals surface area contributed by atoms with E-state index in [4.69, 9.17) is 0 Å². The minimum atomic E-state index is -4.34. The number of hydrogen-bond acceptors (Lipinski definition) is 2. The van der Waals surface area contributed by atoms with E-state index in [2.05, 4.69) is 5.32 Å². The summed E-state index contributed by atoms with van der Waals surface area (Å²) < 4.78 is 39.7. The van der Waals surface area contributed by atoms with Crippen LogP contribution in [-0.2, 0) is 12.7 Å². The lowest BCUT2D eigenvalue weighted by molar-refractivity contribution is -0.137. The highest BCUT2D eigenvalue weighted by atomic mass is 19.4. The van der Waals surface area contributed by atoms with Crippen LogP contribution in [0.1, 0.15) is 31.9 Å². The molecule has 1 N–H and O–H groups in total. The topological polar surface area (TPSA) is 15.3 Å². The summed E-state index contributed by atoms with van der Waals surface area (Å²) in [7, 11) is 3.43. The maximum atomic E-state index is 13.2. The summed E-state index contributed by atoms with van der Waals surface area (Å²) in [5.41, 5.74) is 0.299. The van der Waals surface area contributed by atoms with Crippen molar-refractivity contribution in [3.05, 3.63) is 29.3 Å². The summed E-state index contributed by atoms with van der Waals surface area (Å²) in [6.07, 6.45) is -4.34. The van der Waals surface area contributed by atoms with E-state index in [0.717, 1.165) is 0 Å². The van der Waals surface area contributed by atoms with Crippen LogP contribution in [0.15, 0.2) is 18.2 Å². The average molecular weight is 288 g/mol. The van der Waals surface area contributed by atoms with Gasteiger partial charge in [-0.25, -0.2) is 0 Å². The molecule has 1 rings (SSSR count). The molecule has 0 bridgehead atoms. The molecule has 1 aromatic carbocycles. The highest BCUT2D eigenvalue weighted by Crippen LogP contribution is 2.38. The quantitative estimate of drug-likeness (QED) is 0.884. The first-order valence-electron chi connectivity index (χ1n) is 6.76. The van der Waals surface area contributed by atoms with Crippen LogP contribution < -0.4 is 10.2 Å². The van der Waals surface area contributed by atoms with Gasteiger partial charge in [0.15, 0.2) is 0 Å². The zero-order chi connectivity index (χ0) is 15.5. The fourth-order valence-corrected chi connectivity index (χ4v) is 2.10. The van der Waals surface area contributed by atoms with E-state index >= 15 is 0 Å². The average Bonchev–Trinajstić information content (AvgIpc) is 2.36. The number of halogens is 3. The van der Waals surface area contributed by atoms with Crippen LogP contribution >= 0.6 is 0 Å². The first-order valence-corrected chi connectivity index (χ1v) is 6.76. The van der Waals surface area contributed by atoms with Crippen LogP contribution in [0.4, 0.5) is 18.9 Å². The zero-order valence-electron chi connectivity index (χ0n) is 12.7. The van der Waals surface area contributed by atoms with E-state index in [1.54, 1.807) is 31.1 Å². The maximum absolute atomic E-state index is 13.2. The van der Waals surface area contributed by atoms with Gasteiger partial charge in [0.05, 0.1) is 5.56 Å². The predicted molar refractivity (Wildman–Crippen MR) is 76.9 cm³/mol. The number of nitrogens with one attached hydrogen (secondary N) is 1. The van der Waals surface area contributed by atoms with Gasteiger partial charge in [0.1, 0.15) is 0 Å². The fourth-order valence-electron chi connectivity index (χ4n) is 2.10. The summed E-state index contributed by atoms with van der Waals surface area (Å²) in [5.74, 6) is 0.276. The molecule has 0 spiro atoms. The lowest BCUT2D eigenvalue weighted by atomic mass is 10.0. The molecule has 0 radical (unpaired) electrons. The molecule has 0 saturated carbocycles. The molecule has 0 amide bonds. The molecule has 114 valence electrons. The van der Waals surface area contributed by atoms with Crippen molar-refractivity contribution in [2.45, 2.75) is 39.5 Å². The SMILES string of the molecule is CNCc1ccc(N(C)C(C)C(C)C)c(C(F)(F)F)c1. The molecule has 2 nitrogen and oxygen atoms in total. The molecule has 0 aliphatic rings. The monoisotopic (exact) mass is 288 g/mol. The van der Waals surface area contributed by atoms with Crippen molar-refractivity contribution in [2.75, 3.05) is 19.0 Å². The molecular formula is C15H23F3N2. The van der Waals surface area contributed by atoms with E-state index in [9.17, 15) is 13.2 Å². The highest BCUT2D eigenvalue weighted by molar-refractivity contribution is 5.56. The summed E-state index contributed by atoms with van der Waals surface area (Å²) in [4.78, 5) is 1.71. The van der Waals surface area contributed by atoms with E-state index in [0.29, 0.717) is 12.1 Å². The lowest BCUT2D eigenvalue weighted by Crippen LogP contribution is -2.34. The Labute approximate surface area is 119 Å². The molecule has 1 unspecified atom stereocenters. The fraction of sp³-hybridized carbons (Fsp3) is 0.600. The smallest absolute Gasteiger partial charge is 0.371 e. The molecule has 0 saturated heterocycles. The lowest BCUT2D eigenvalue weighted by Gasteiger charge is -2.32. The van der Waals surface area contributed by atoms with Gasteiger partial charge < -0.3 is 10.2 Å². The van der Waals surface area contributed by atoms with Crippen molar-refractivity contribution in [3.8, 4) is 0 Å². The van der Waals surface area contributed by atoms with E-state index < -0.39 is 11.7 Å². The normalized spacial score (nSPS) is 13.7. The van der Waals surface area contributed by atoms with Gasteiger partial charge in [-0.2, -0.15) is 13.2 Å². The van der Waals surface area contributed by atoms with E-state index in [-0.39, 0.29) is 17.6 Å². The number of hydrogen-bond donors (Lipinski definition) is 1. The summed E-state index contributed by atoms with van der Waals surface area (Å²) in [6.45, 7) is 6.37. The molecule has 0 fully saturated rings. The van der Waals surface area contributed by atoms with Gasteiger partial charge in [-0.15, -0.1) is 0 Å². The molecule has 5 heteroatoms. The Morgan fingerprint density at radius 3 is 2.25 bits per heavy atom. The van der Waals surface area contributed by atoms with Crippen LogP contribution in [-0.4, -0.2) is 20.1 Å².